The Morgan fingerprint density at radius 3 is 2.45 bits per heavy atom. The number of carbonyl (C=O) groups is 2. The third kappa shape index (κ3) is 4.56. The van der Waals surface area contributed by atoms with Crippen LogP contribution in [0.5, 0.6) is 0 Å². The maximum atomic E-state index is 13.0. The summed E-state index contributed by atoms with van der Waals surface area (Å²) < 4.78 is 2.55. The summed E-state index contributed by atoms with van der Waals surface area (Å²) in [6.07, 6.45) is 1.50. The lowest BCUT2D eigenvalue weighted by Gasteiger charge is -2.19. The first-order chi connectivity index (χ1) is 13.8. The van der Waals surface area contributed by atoms with Crippen LogP contribution in [0.3, 0.4) is 0 Å². The molecule has 0 aliphatic heterocycles. The fourth-order valence-corrected chi connectivity index (χ4v) is 3.54. The zero-order chi connectivity index (χ0) is 21.1. The normalized spacial score (nSPS) is 12.1. The van der Waals surface area contributed by atoms with Gasteiger partial charge in [-0.1, -0.05) is 60.1 Å². The first-order valence-corrected chi connectivity index (χ1v) is 9.97. The van der Waals surface area contributed by atoms with Gasteiger partial charge in [0, 0.05) is 22.6 Å². The van der Waals surface area contributed by atoms with Gasteiger partial charge in [0.05, 0.1) is 5.52 Å². The zero-order valence-corrected chi connectivity index (χ0v) is 17.6. The van der Waals surface area contributed by atoms with Crippen LogP contribution in [0.25, 0.3) is 10.9 Å². The van der Waals surface area contributed by atoms with Gasteiger partial charge in [0.25, 0.3) is 5.91 Å². The molecular formula is C22H21BrN2O4. The van der Waals surface area contributed by atoms with Crippen LogP contribution in [0.4, 0.5) is 0 Å². The monoisotopic (exact) mass is 456 g/mol. The number of nitrogens with zero attached hydrogens (tertiary/aromatic N) is 1. The third-order valence-electron chi connectivity index (χ3n) is 4.70. The Balaban J connectivity index is 2.12. The van der Waals surface area contributed by atoms with Gasteiger partial charge in [-0.25, -0.2) is 4.79 Å². The number of hydrogen-bond acceptors (Lipinski definition) is 3. The number of carbonyl (C=O) groups excluding carboxylic acids is 1. The van der Waals surface area contributed by atoms with Gasteiger partial charge in [0.1, 0.15) is 11.6 Å². The quantitative estimate of drug-likeness (QED) is 0.592. The Labute approximate surface area is 176 Å². The van der Waals surface area contributed by atoms with Crippen molar-refractivity contribution in [3.8, 4) is 0 Å². The van der Waals surface area contributed by atoms with E-state index in [1.807, 2.05) is 47.0 Å². The molecule has 7 heteroatoms. The van der Waals surface area contributed by atoms with E-state index in [1.165, 1.54) is 6.20 Å². The average Bonchev–Trinajstić information content (AvgIpc) is 2.68. The SMILES string of the molecule is CC(C)C(NC(=O)c1cn(Cc2ccccc2)c2ccc(Br)cc2c1=O)C(=O)O. The topological polar surface area (TPSA) is 88.4 Å². The second-order valence-corrected chi connectivity index (χ2v) is 8.10. The maximum Gasteiger partial charge on any atom is 0.326 e. The van der Waals surface area contributed by atoms with E-state index in [0.717, 1.165) is 10.0 Å². The summed E-state index contributed by atoms with van der Waals surface area (Å²) in [7, 11) is 0. The summed E-state index contributed by atoms with van der Waals surface area (Å²) in [5, 5.41) is 12.2. The van der Waals surface area contributed by atoms with Crippen molar-refractivity contribution in [2.45, 2.75) is 26.4 Å². The van der Waals surface area contributed by atoms with Crippen LogP contribution < -0.4 is 10.7 Å². The summed E-state index contributed by atoms with van der Waals surface area (Å²) >= 11 is 3.37. The summed E-state index contributed by atoms with van der Waals surface area (Å²) in [5.74, 6) is -2.15. The summed E-state index contributed by atoms with van der Waals surface area (Å²) in [6.45, 7) is 3.86. The van der Waals surface area contributed by atoms with Crippen LogP contribution >= 0.6 is 15.9 Å². The third-order valence-corrected chi connectivity index (χ3v) is 5.20. The molecule has 0 saturated carbocycles. The molecule has 0 radical (unpaired) electrons. The number of aliphatic carboxylic acids is 1. The summed E-state index contributed by atoms with van der Waals surface area (Å²) in [4.78, 5) is 37.3. The number of aromatic nitrogens is 1. The number of benzene rings is 2. The number of pyridine rings is 1. The van der Waals surface area contributed by atoms with Crippen molar-refractivity contribution < 1.29 is 14.7 Å². The molecule has 1 atom stereocenters. The van der Waals surface area contributed by atoms with E-state index in [0.29, 0.717) is 17.4 Å². The highest BCUT2D eigenvalue weighted by Gasteiger charge is 2.26. The lowest BCUT2D eigenvalue weighted by molar-refractivity contribution is -0.140. The molecule has 150 valence electrons. The molecule has 6 nitrogen and oxygen atoms in total. The minimum absolute atomic E-state index is 0.0848. The minimum Gasteiger partial charge on any atom is -0.480 e. The fraction of sp³-hybridized carbons (Fsp3) is 0.227. The first kappa shape index (κ1) is 20.8. The fourth-order valence-electron chi connectivity index (χ4n) is 3.17. The second-order valence-electron chi connectivity index (χ2n) is 7.18. The lowest BCUT2D eigenvalue weighted by atomic mass is 10.0. The predicted molar refractivity (Wildman–Crippen MR) is 115 cm³/mol. The number of hydrogen-bond donors (Lipinski definition) is 2. The van der Waals surface area contributed by atoms with E-state index in [2.05, 4.69) is 21.2 Å². The van der Waals surface area contributed by atoms with E-state index in [1.54, 1.807) is 19.9 Å². The Morgan fingerprint density at radius 2 is 1.83 bits per heavy atom. The second kappa shape index (κ2) is 8.61. The number of carboxylic acids is 1. The van der Waals surface area contributed by atoms with Crippen molar-refractivity contribution in [1.82, 2.24) is 9.88 Å². The van der Waals surface area contributed by atoms with Crippen molar-refractivity contribution in [2.75, 3.05) is 0 Å². The molecule has 3 aromatic rings. The van der Waals surface area contributed by atoms with Crippen LogP contribution in [0, 0.1) is 5.92 Å². The van der Waals surface area contributed by atoms with Crippen LogP contribution in [-0.2, 0) is 11.3 Å². The molecule has 2 N–H and O–H groups in total. The molecule has 0 aliphatic carbocycles. The minimum atomic E-state index is -1.14. The van der Waals surface area contributed by atoms with Crippen LogP contribution in [-0.4, -0.2) is 27.6 Å². The molecule has 0 saturated heterocycles. The van der Waals surface area contributed by atoms with E-state index in [-0.39, 0.29) is 11.5 Å². The molecule has 1 heterocycles. The number of halogens is 1. The maximum absolute atomic E-state index is 13.0. The van der Waals surface area contributed by atoms with Crippen molar-refractivity contribution in [1.29, 1.82) is 0 Å². The van der Waals surface area contributed by atoms with E-state index >= 15 is 0 Å². The van der Waals surface area contributed by atoms with Crippen molar-refractivity contribution in [3.05, 3.63) is 80.6 Å². The number of amides is 1. The molecule has 0 bridgehead atoms. The van der Waals surface area contributed by atoms with Crippen molar-refractivity contribution in [2.24, 2.45) is 5.92 Å². The largest absolute Gasteiger partial charge is 0.480 e. The van der Waals surface area contributed by atoms with Gasteiger partial charge in [-0.3, -0.25) is 9.59 Å². The molecule has 3 rings (SSSR count). The first-order valence-electron chi connectivity index (χ1n) is 9.18. The number of rotatable bonds is 6. The molecule has 29 heavy (non-hydrogen) atoms. The highest BCUT2D eigenvalue weighted by molar-refractivity contribution is 9.10. The van der Waals surface area contributed by atoms with Crippen molar-refractivity contribution >= 4 is 38.7 Å². The molecule has 0 fully saturated rings. The van der Waals surface area contributed by atoms with Gasteiger partial charge in [0.15, 0.2) is 0 Å². The molecule has 1 aromatic heterocycles. The lowest BCUT2D eigenvalue weighted by Crippen LogP contribution is -2.45. The Bertz CT molecular complexity index is 1120. The van der Waals surface area contributed by atoms with Gasteiger partial charge >= 0.3 is 5.97 Å². The van der Waals surface area contributed by atoms with Crippen molar-refractivity contribution in [3.63, 3.8) is 0 Å². The molecular weight excluding hydrogens is 436 g/mol. The molecule has 1 unspecified atom stereocenters. The van der Waals surface area contributed by atoms with Gasteiger partial charge in [-0.2, -0.15) is 0 Å². The van der Waals surface area contributed by atoms with Gasteiger partial charge < -0.3 is 15.0 Å². The van der Waals surface area contributed by atoms with E-state index in [4.69, 9.17) is 0 Å². The number of fused-ring (bicyclic) bond motifs is 1. The average molecular weight is 457 g/mol. The molecule has 1 amide bonds. The zero-order valence-electron chi connectivity index (χ0n) is 16.1. The Hall–Kier alpha value is -2.93. The summed E-state index contributed by atoms with van der Waals surface area (Å²) in [5.41, 5.74) is 1.18. The Kier molecular flexibility index (Phi) is 6.17. The molecule has 0 aliphatic rings. The van der Waals surface area contributed by atoms with Crippen LogP contribution in [0.1, 0.15) is 29.8 Å². The molecule has 2 aromatic carbocycles. The molecule has 0 spiro atoms. The highest BCUT2D eigenvalue weighted by Crippen LogP contribution is 2.19. The van der Waals surface area contributed by atoms with E-state index in [9.17, 15) is 19.5 Å². The van der Waals surface area contributed by atoms with Gasteiger partial charge in [0.2, 0.25) is 5.43 Å². The summed E-state index contributed by atoms with van der Waals surface area (Å²) in [6, 6.07) is 13.9. The van der Waals surface area contributed by atoms with Crippen LogP contribution in [0.15, 0.2) is 64.0 Å². The predicted octanol–water partition coefficient (Wildman–Crippen LogP) is 3.65. The van der Waals surface area contributed by atoms with Gasteiger partial charge in [-0.15, -0.1) is 0 Å². The Morgan fingerprint density at radius 1 is 1.14 bits per heavy atom. The smallest absolute Gasteiger partial charge is 0.326 e. The standard InChI is InChI=1S/C22H21BrN2O4/c1-13(2)19(22(28)29)24-21(27)17-12-25(11-14-6-4-3-5-7-14)18-9-8-15(23)10-16(18)20(17)26/h3-10,12-13,19H,11H2,1-2H3,(H,24,27)(H,28,29). The number of nitrogens with one attached hydrogen (secondary N) is 1. The number of carboxylic acid groups (broad SMARTS) is 1. The van der Waals surface area contributed by atoms with Gasteiger partial charge in [-0.05, 0) is 29.7 Å². The highest BCUT2D eigenvalue weighted by atomic mass is 79.9. The van der Waals surface area contributed by atoms with E-state index < -0.39 is 23.3 Å². The van der Waals surface area contributed by atoms with Crippen LogP contribution in [0.2, 0.25) is 0 Å².